The third-order valence-corrected chi connectivity index (χ3v) is 2.73. The second kappa shape index (κ2) is 5.26. The Morgan fingerprint density at radius 2 is 1.47 bits per heavy atom. The Morgan fingerprint density at radius 1 is 0.842 bits per heavy atom. The molecule has 6 heteroatoms. The molecule has 0 spiro atoms. The number of benzene rings is 2. The van der Waals surface area contributed by atoms with Crippen LogP contribution in [0.2, 0.25) is 0 Å². The van der Waals surface area contributed by atoms with Crippen LogP contribution in [-0.4, -0.2) is 9.85 Å². The molecule has 2 rings (SSSR count). The van der Waals surface area contributed by atoms with Crippen LogP contribution in [-0.2, 0) is 6.42 Å². The molecule has 19 heavy (non-hydrogen) atoms. The first-order chi connectivity index (χ1) is 9.08. The van der Waals surface area contributed by atoms with Crippen LogP contribution in [0.4, 0.5) is 11.4 Å². The van der Waals surface area contributed by atoms with Gasteiger partial charge in [0.1, 0.15) is 0 Å². The summed E-state index contributed by atoms with van der Waals surface area (Å²) in [5, 5.41) is 21.4. The number of nitro benzene ring substituents is 2. The van der Waals surface area contributed by atoms with Crippen LogP contribution in [0.15, 0.2) is 48.5 Å². The smallest absolute Gasteiger partial charge is 0.258 e. The molecule has 0 aromatic heterocycles. The van der Waals surface area contributed by atoms with E-state index in [0.29, 0.717) is 12.0 Å². The molecular weight excluding hydrogens is 248 g/mol. The Hall–Kier alpha value is -2.76. The van der Waals surface area contributed by atoms with Crippen molar-refractivity contribution < 1.29 is 9.85 Å². The van der Waals surface area contributed by atoms with Crippen molar-refractivity contribution in [3.63, 3.8) is 0 Å². The molecule has 0 atom stereocenters. The Kier molecular flexibility index (Phi) is 3.51. The fourth-order valence-electron chi connectivity index (χ4n) is 1.79. The minimum atomic E-state index is -0.477. The molecule has 0 heterocycles. The average Bonchev–Trinajstić information content (AvgIpc) is 2.39. The molecule has 0 N–H and O–H groups in total. The normalized spacial score (nSPS) is 10.1. The number of non-ortho nitro benzene ring substituents is 1. The summed E-state index contributed by atoms with van der Waals surface area (Å²) in [5.74, 6) is 0. The first-order valence-corrected chi connectivity index (χ1v) is 5.53. The number of hydrogen-bond acceptors (Lipinski definition) is 4. The summed E-state index contributed by atoms with van der Waals surface area (Å²) in [6.45, 7) is 0. The van der Waals surface area contributed by atoms with Crippen molar-refractivity contribution in [1.29, 1.82) is 0 Å². The van der Waals surface area contributed by atoms with Crippen LogP contribution in [0.25, 0.3) is 0 Å². The molecule has 0 aliphatic heterocycles. The van der Waals surface area contributed by atoms with E-state index in [9.17, 15) is 20.2 Å². The summed E-state index contributed by atoms with van der Waals surface area (Å²) in [5.41, 5.74) is 1.44. The SMILES string of the molecule is O=[N+]([O-])c1ccc(Cc2ccccc2[N+](=O)[O-])cc1. The molecule has 0 saturated carbocycles. The first kappa shape index (κ1) is 12.7. The molecule has 0 saturated heterocycles. The van der Waals surface area contributed by atoms with E-state index in [0.717, 1.165) is 5.56 Å². The predicted molar refractivity (Wildman–Crippen MR) is 69.0 cm³/mol. The van der Waals surface area contributed by atoms with Gasteiger partial charge in [-0.25, -0.2) is 0 Å². The second-order valence-electron chi connectivity index (χ2n) is 3.99. The third kappa shape index (κ3) is 2.92. The molecule has 0 unspecified atom stereocenters. The number of rotatable bonds is 4. The topological polar surface area (TPSA) is 86.3 Å². The maximum atomic E-state index is 10.9. The van der Waals surface area contributed by atoms with Crippen LogP contribution < -0.4 is 0 Å². The van der Waals surface area contributed by atoms with E-state index in [-0.39, 0.29) is 11.4 Å². The number of nitro groups is 2. The van der Waals surface area contributed by atoms with Crippen molar-refractivity contribution in [1.82, 2.24) is 0 Å². The maximum Gasteiger partial charge on any atom is 0.272 e. The van der Waals surface area contributed by atoms with E-state index in [2.05, 4.69) is 0 Å². The van der Waals surface area contributed by atoms with Gasteiger partial charge >= 0.3 is 0 Å². The lowest BCUT2D eigenvalue weighted by molar-refractivity contribution is -0.385. The van der Waals surface area contributed by atoms with E-state index in [1.165, 1.54) is 18.2 Å². The van der Waals surface area contributed by atoms with Crippen LogP contribution in [0, 0.1) is 20.2 Å². The zero-order valence-corrected chi connectivity index (χ0v) is 9.85. The van der Waals surface area contributed by atoms with E-state index in [4.69, 9.17) is 0 Å². The van der Waals surface area contributed by atoms with Crippen LogP contribution >= 0.6 is 0 Å². The quantitative estimate of drug-likeness (QED) is 0.622. The molecule has 0 aliphatic carbocycles. The van der Waals surface area contributed by atoms with Crippen LogP contribution in [0.1, 0.15) is 11.1 Å². The van der Waals surface area contributed by atoms with Gasteiger partial charge in [0.2, 0.25) is 0 Å². The van der Waals surface area contributed by atoms with Gasteiger partial charge in [-0.1, -0.05) is 30.3 Å². The zero-order valence-electron chi connectivity index (χ0n) is 9.85. The summed E-state index contributed by atoms with van der Waals surface area (Å²) in [4.78, 5) is 20.5. The first-order valence-electron chi connectivity index (χ1n) is 5.53. The fraction of sp³-hybridized carbons (Fsp3) is 0.0769. The highest BCUT2D eigenvalue weighted by Gasteiger charge is 2.13. The Balaban J connectivity index is 2.26. The third-order valence-electron chi connectivity index (χ3n) is 2.73. The lowest BCUT2D eigenvalue weighted by atomic mass is 10.0. The van der Waals surface area contributed by atoms with Gasteiger partial charge in [0.05, 0.1) is 9.85 Å². The number of para-hydroxylation sites is 1. The van der Waals surface area contributed by atoms with E-state index < -0.39 is 9.85 Å². The Bertz CT molecular complexity index is 623. The summed E-state index contributed by atoms with van der Waals surface area (Å²) in [7, 11) is 0. The highest BCUT2D eigenvalue weighted by Crippen LogP contribution is 2.22. The molecule has 96 valence electrons. The summed E-state index contributed by atoms with van der Waals surface area (Å²) >= 11 is 0. The lowest BCUT2D eigenvalue weighted by Crippen LogP contribution is -1.96. The van der Waals surface area contributed by atoms with Gasteiger partial charge in [0.15, 0.2) is 0 Å². The number of nitrogens with zero attached hydrogens (tertiary/aromatic N) is 2. The van der Waals surface area contributed by atoms with Crippen molar-refractivity contribution in [2.24, 2.45) is 0 Å². The van der Waals surface area contributed by atoms with Gasteiger partial charge in [-0.2, -0.15) is 0 Å². The Morgan fingerprint density at radius 3 is 2.05 bits per heavy atom. The summed E-state index contributed by atoms with van der Waals surface area (Å²) < 4.78 is 0. The lowest BCUT2D eigenvalue weighted by Gasteiger charge is -2.03. The molecule has 0 aliphatic rings. The van der Waals surface area contributed by atoms with Gasteiger partial charge in [0.25, 0.3) is 11.4 Å². The van der Waals surface area contributed by atoms with Gasteiger partial charge in [0, 0.05) is 30.2 Å². The maximum absolute atomic E-state index is 10.9. The van der Waals surface area contributed by atoms with Crippen molar-refractivity contribution in [2.75, 3.05) is 0 Å². The molecule has 0 radical (unpaired) electrons. The van der Waals surface area contributed by atoms with E-state index in [1.54, 1.807) is 30.3 Å². The highest BCUT2D eigenvalue weighted by molar-refractivity contribution is 5.44. The molecule has 2 aromatic carbocycles. The van der Waals surface area contributed by atoms with Gasteiger partial charge in [-0.05, 0) is 5.56 Å². The van der Waals surface area contributed by atoms with Crippen molar-refractivity contribution in [2.45, 2.75) is 6.42 Å². The minimum absolute atomic E-state index is 0.00584. The van der Waals surface area contributed by atoms with E-state index in [1.807, 2.05) is 0 Å². The predicted octanol–water partition coefficient (Wildman–Crippen LogP) is 3.09. The van der Waals surface area contributed by atoms with Gasteiger partial charge < -0.3 is 0 Å². The molecule has 0 amide bonds. The zero-order chi connectivity index (χ0) is 13.8. The van der Waals surface area contributed by atoms with E-state index >= 15 is 0 Å². The molecule has 0 bridgehead atoms. The second-order valence-corrected chi connectivity index (χ2v) is 3.99. The highest BCUT2D eigenvalue weighted by atomic mass is 16.6. The average molecular weight is 258 g/mol. The van der Waals surface area contributed by atoms with Crippen molar-refractivity contribution in [3.05, 3.63) is 79.9 Å². The molecule has 6 nitrogen and oxygen atoms in total. The molecule has 0 fully saturated rings. The van der Waals surface area contributed by atoms with Crippen LogP contribution in [0.3, 0.4) is 0 Å². The largest absolute Gasteiger partial charge is 0.272 e. The molecular formula is C13H10N2O4. The fourth-order valence-corrected chi connectivity index (χ4v) is 1.79. The number of hydrogen-bond donors (Lipinski definition) is 0. The van der Waals surface area contributed by atoms with Gasteiger partial charge in [-0.15, -0.1) is 0 Å². The summed E-state index contributed by atoms with van der Waals surface area (Å²) in [6.07, 6.45) is 0.370. The minimum Gasteiger partial charge on any atom is -0.258 e. The van der Waals surface area contributed by atoms with Gasteiger partial charge in [-0.3, -0.25) is 20.2 Å². The Labute approximate surface area is 108 Å². The standard InChI is InChI=1S/C13H10N2O4/c16-14(17)12-7-5-10(6-8-12)9-11-3-1-2-4-13(11)15(18)19/h1-8H,9H2. The monoisotopic (exact) mass is 258 g/mol. The van der Waals surface area contributed by atoms with Crippen LogP contribution in [0.5, 0.6) is 0 Å². The summed E-state index contributed by atoms with van der Waals surface area (Å²) in [6, 6.07) is 12.5. The van der Waals surface area contributed by atoms with Crippen molar-refractivity contribution in [3.8, 4) is 0 Å². The molecule has 2 aromatic rings. The van der Waals surface area contributed by atoms with Crippen molar-refractivity contribution >= 4 is 11.4 Å².